The van der Waals surface area contributed by atoms with E-state index in [0.717, 1.165) is 37.3 Å². The first-order chi connectivity index (χ1) is 54.0. The molecule has 4 fully saturated rings. The molecule has 0 unspecified atom stereocenters. The lowest BCUT2D eigenvalue weighted by Gasteiger charge is -2.43. The molecule has 8 nitrogen and oxygen atoms in total. The second-order valence-corrected chi connectivity index (χ2v) is 48.7. The number of likely N-dealkylation sites (tertiary alicyclic amines) is 2. The molecule has 0 radical (unpaired) electrons. The minimum Gasteiger partial charge on any atom is -0.303 e. The van der Waals surface area contributed by atoms with Crippen LogP contribution < -0.4 is 0 Å². The van der Waals surface area contributed by atoms with Crippen LogP contribution in [-0.2, 0) is 11.8 Å². The predicted octanol–water partition coefficient (Wildman–Crippen LogP) is 32.6. The smallest absolute Gasteiger partial charge is 0.0171 e. The monoisotopic (exact) mass is 1700 g/mol. The quantitative estimate of drug-likeness (QED) is 0.238. The lowest BCUT2D eigenvalue weighted by atomic mass is 9.75. The molecule has 6 aliphatic rings. The molecular weight excluding hydrogens is 1460 g/mol. The van der Waals surface area contributed by atoms with Crippen LogP contribution in [0.4, 0.5) is 0 Å². The van der Waals surface area contributed by atoms with E-state index in [-0.39, 0.29) is 12.8 Å². The molecule has 6 aliphatic heterocycles. The number of hydrogen-bond donors (Lipinski definition) is 0. The molecule has 726 valence electrons. The summed E-state index contributed by atoms with van der Waals surface area (Å²) in [6.45, 7) is 148. The van der Waals surface area contributed by atoms with E-state index >= 15 is 0 Å². The lowest BCUT2D eigenvalue weighted by Crippen LogP contribution is -2.54. The fourth-order valence-electron chi connectivity index (χ4n) is 16.0. The fourth-order valence-corrected chi connectivity index (χ4v) is 16.0. The van der Waals surface area contributed by atoms with E-state index in [1.165, 1.54) is 187 Å². The molecule has 0 aliphatic carbocycles. The normalized spacial score (nSPS) is 18.0. The van der Waals surface area contributed by atoms with Crippen molar-refractivity contribution in [2.24, 2.45) is 61.1 Å². The van der Waals surface area contributed by atoms with Crippen LogP contribution in [-0.4, -0.2) is 192 Å². The standard InChI is InChI=1S/C15H24.C14H29N.C14H27N.C14H29N.C14H27N.2C13H28N2.7C2H6.CH4/c1-14(2,3)11-12-7-9-13(10-8-12)15(4,5)6;2*1-13(2,3)11-15-9-7-12(8-10-15)14(4,5)6;2*1-13(2,3)11-12-7-9-15(10-8-12)14(4,5)6;1-12(2,3)11-14-7-9-15(10-8-14)13(4,5)6;1-12(2)11-14-7-6-8-15(10-9-14)13(3,4)5;7*1-2;/h7-10H,11H2,1-6H3;12H,7-11H2,1-6H3;7H,8-11H2,1-6H3;12H,7-11H2,1-6H3;7H,8-11H2,1-6H3;7-11H2,1-6H3;12H,6-11H2,1-5H3;7*1-2H3;1H4. The van der Waals surface area contributed by atoms with Gasteiger partial charge in [0, 0.05) is 114 Å². The topological polar surface area (TPSA) is 25.9 Å². The number of nitrogens with zero attached hydrogens (tertiary/aromatic N) is 8. The summed E-state index contributed by atoms with van der Waals surface area (Å²) in [6, 6.07) is 9.07. The summed E-state index contributed by atoms with van der Waals surface area (Å²) in [5.41, 5.74) is 11.3. The summed E-state index contributed by atoms with van der Waals surface area (Å²) >= 11 is 0. The van der Waals surface area contributed by atoms with Crippen LogP contribution in [0.3, 0.4) is 0 Å². The Labute approximate surface area is 765 Å². The summed E-state index contributed by atoms with van der Waals surface area (Å²) < 4.78 is 0. The van der Waals surface area contributed by atoms with Crippen molar-refractivity contribution < 1.29 is 0 Å². The Kier molecular flexibility index (Phi) is 71.6. The fraction of sp³-hybridized carbons (Fsp3) is 0.911. The van der Waals surface area contributed by atoms with E-state index < -0.39 is 0 Å². The van der Waals surface area contributed by atoms with E-state index in [4.69, 9.17) is 0 Å². The maximum Gasteiger partial charge on any atom is 0.0171 e. The summed E-state index contributed by atoms with van der Waals surface area (Å²) in [5.74, 6) is 2.68. The number of rotatable bonds is 8. The maximum absolute atomic E-state index is 2.64. The van der Waals surface area contributed by atoms with E-state index in [2.05, 4.69) is 359 Å². The average molecular weight is 1700 g/mol. The maximum atomic E-state index is 2.64. The number of benzene rings is 1. The van der Waals surface area contributed by atoms with Crippen molar-refractivity contribution in [3.05, 3.63) is 58.7 Å². The summed E-state index contributed by atoms with van der Waals surface area (Å²) in [4.78, 5) is 20.8. The van der Waals surface area contributed by atoms with Gasteiger partial charge in [0.2, 0.25) is 0 Å². The van der Waals surface area contributed by atoms with Gasteiger partial charge >= 0.3 is 0 Å². The SMILES string of the molecule is C.CC.CC.CC.CC.CC.CC.CC.CC(C)(C)CC1=CCN(C(C)(C)C)CC1.CC(C)(C)CC1CCN(C(C)(C)C)CC1.CC(C)(C)CN1CC=C(C(C)(C)C)CC1.CC(C)(C)CN1CCC(C(C)(C)C)CC1.CC(C)(C)CN1CCN(C(C)(C)C)CC1.CC(C)(C)Cc1ccc(C(C)(C)C)cc1.CC(C)CN1CCCN(C(C)(C)C)CC1. The molecule has 0 N–H and O–H groups in total. The highest BCUT2D eigenvalue weighted by molar-refractivity contribution is 5.28. The Morgan fingerprint density at radius 2 is 0.667 bits per heavy atom. The van der Waals surface area contributed by atoms with Gasteiger partial charge in [0.1, 0.15) is 0 Å². The third-order valence-electron chi connectivity index (χ3n) is 21.7. The Hall–Kier alpha value is -1.62. The Morgan fingerprint density at radius 3 is 0.967 bits per heavy atom. The van der Waals surface area contributed by atoms with Crippen molar-refractivity contribution in [3.8, 4) is 0 Å². The largest absolute Gasteiger partial charge is 0.303 e. The molecule has 0 amide bonds. The van der Waals surface area contributed by atoms with Crippen molar-refractivity contribution >= 4 is 0 Å². The molecule has 8 heteroatoms. The molecule has 6 heterocycles. The van der Waals surface area contributed by atoms with Gasteiger partial charge in [0.25, 0.3) is 0 Å². The number of piperidine rings is 2. The first-order valence-electron chi connectivity index (χ1n) is 50.4. The first kappa shape index (κ1) is 134. The number of piperazine rings is 1. The highest BCUT2D eigenvalue weighted by Gasteiger charge is 2.34. The van der Waals surface area contributed by atoms with Crippen molar-refractivity contribution in [1.82, 2.24) is 39.2 Å². The van der Waals surface area contributed by atoms with E-state index in [0.29, 0.717) is 65.5 Å². The summed E-state index contributed by atoms with van der Waals surface area (Å²) in [7, 11) is 0. The van der Waals surface area contributed by atoms with Crippen LogP contribution in [0, 0.1) is 61.1 Å². The molecule has 4 saturated heterocycles. The molecular formula is C112H238N8. The van der Waals surface area contributed by atoms with E-state index in [1.807, 2.05) is 96.9 Å². The van der Waals surface area contributed by atoms with Crippen LogP contribution in [0.15, 0.2) is 47.6 Å². The second-order valence-electron chi connectivity index (χ2n) is 48.7. The minimum absolute atomic E-state index is 0. The van der Waals surface area contributed by atoms with Crippen LogP contribution in [0.2, 0.25) is 0 Å². The molecule has 0 atom stereocenters. The van der Waals surface area contributed by atoms with Gasteiger partial charge in [-0.1, -0.05) is 353 Å². The predicted molar refractivity (Wildman–Crippen MR) is 561 cm³/mol. The van der Waals surface area contributed by atoms with Crippen LogP contribution >= 0.6 is 0 Å². The molecule has 1 aromatic carbocycles. The Bertz CT molecular complexity index is 2410. The van der Waals surface area contributed by atoms with Gasteiger partial charge in [-0.2, -0.15) is 0 Å². The van der Waals surface area contributed by atoms with E-state index in [9.17, 15) is 0 Å². The Morgan fingerprint density at radius 1 is 0.308 bits per heavy atom. The van der Waals surface area contributed by atoms with Crippen LogP contribution in [0.1, 0.15) is 457 Å². The van der Waals surface area contributed by atoms with Gasteiger partial charge in [-0.3, -0.25) is 24.5 Å². The third kappa shape index (κ3) is 73.3. The molecule has 120 heavy (non-hydrogen) atoms. The molecule has 0 bridgehead atoms. The average Bonchev–Trinajstić information content (AvgIpc) is 0.993. The van der Waals surface area contributed by atoms with Gasteiger partial charge in [-0.05, 0) is 264 Å². The van der Waals surface area contributed by atoms with Gasteiger partial charge < -0.3 is 14.7 Å². The zero-order chi connectivity index (χ0) is 95.6. The van der Waals surface area contributed by atoms with Crippen molar-refractivity contribution in [3.63, 3.8) is 0 Å². The van der Waals surface area contributed by atoms with Gasteiger partial charge in [0.15, 0.2) is 0 Å². The number of hydrogen-bond acceptors (Lipinski definition) is 8. The highest BCUT2D eigenvalue weighted by atomic mass is 15.3. The molecule has 0 aromatic heterocycles. The molecule has 1 aromatic rings. The molecule has 7 rings (SSSR count). The van der Waals surface area contributed by atoms with Crippen molar-refractivity contribution in [1.29, 1.82) is 0 Å². The zero-order valence-corrected chi connectivity index (χ0v) is 93.5. The third-order valence-corrected chi connectivity index (χ3v) is 21.7. The minimum atomic E-state index is 0. The first-order valence-corrected chi connectivity index (χ1v) is 50.4. The van der Waals surface area contributed by atoms with Gasteiger partial charge in [0.05, 0.1) is 0 Å². The molecule has 0 spiro atoms. The van der Waals surface area contributed by atoms with Gasteiger partial charge in [-0.25, -0.2) is 0 Å². The highest BCUT2D eigenvalue weighted by Crippen LogP contribution is 2.37. The van der Waals surface area contributed by atoms with Crippen LogP contribution in [0.5, 0.6) is 0 Å². The second kappa shape index (κ2) is 64.2. The summed E-state index contributed by atoms with van der Waals surface area (Å²) in [6.07, 6.45) is 18.1. The van der Waals surface area contributed by atoms with E-state index in [1.54, 1.807) is 11.1 Å². The zero-order valence-electron chi connectivity index (χ0n) is 93.5. The lowest BCUT2D eigenvalue weighted by molar-refractivity contribution is 0.0481. The van der Waals surface area contributed by atoms with Crippen LogP contribution in [0.25, 0.3) is 0 Å². The molecule has 0 saturated carbocycles. The van der Waals surface area contributed by atoms with Gasteiger partial charge in [-0.15, -0.1) is 0 Å². The summed E-state index contributed by atoms with van der Waals surface area (Å²) in [5, 5.41) is 0. The van der Waals surface area contributed by atoms with Crippen molar-refractivity contribution in [2.75, 3.05) is 131 Å². The van der Waals surface area contributed by atoms with Crippen molar-refractivity contribution in [2.45, 2.75) is 480 Å². The Balaban J connectivity index is -0.000000198.